The highest BCUT2D eigenvalue weighted by Gasteiger charge is 2.52. The van der Waals surface area contributed by atoms with Gasteiger partial charge in [0.15, 0.2) is 0 Å². The third kappa shape index (κ3) is 3.42. The molecule has 0 aromatic rings. The van der Waals surface area contributed by atoms with Crippen molar-refractivity contribution in [3.05, 3.63) is 0 Å². The molecule has 1 nitrogen and oxygen atoms in total. The zero-order valence-electron chi connectivity index (χ0n) is 6.33. The van der Waals surface area contributed by atoms with Crippen LogP contribution in [0.4, 0.5) is 17.6 Å². The van der Waals surface area contributed by atoms with Gasteiger partial charge in [-0.25, -0.2) is 4.39 Å². The number of hydrogen-bond donors (Lipinski definition) is 1. The zero-order valence-corrected chi connectivity index (χ0v) is 8.49. The van der Waals surface area contributed by atoms with Crippen molar-refractivity contribution < 1.29 is 22.7 Å². The first-order chi connectivity index (χ1) is 5.20. The van der Waals surface area contributed by atoms with E-state index in [1.807, 2.05) is 0 Å². The normalized spacial score (nSPS) is 20.2. The highest BCUT2D eigenvalue weighted by molar-refractivity contribution is 14.1. The molecule has 6 heteroatoms. The molecule has 0 aromatic carbocycles. The molecule has 0 aliphatic heterocycles. The van der Waals surface area contributed by atoms with Gasteiger partial charge >= 0.3 is 6.18 Å². The zero-order chi connectivity index (χ0) is 9.99. The number of aliphatic hydroxyl groups excluding tert-OH is 1. The van der Waals surface area contributed by atoms with Crippen LogP contribution in [0.2, 0.25) is 0 Å². The van der Waals surface area contributed by atoms with Crippen molar-refractivity contribution in [2.45, 2.75) is 29.1 Å². The summed E-state index contributed by atoms with van der Waals surface area (Å²) < 4.78 is 47.7. The summed E-state index contributed by atoms with van der Waals surface area (Å²) in [6.07, 6.45) is -5.57. The number of hydrogen-bond acceptors (Lipinski definition) is 1. The van der Waals surface area contributed by atoms with E-state index in [2.05, 4.69) is 0 Å². The number of halogens is 5. The smallest absolute Gasteiger partial charge is 0.395 e. The van der Waals surface area contributed by atoms with Gasteiger partial charge in [0.2, 0.25) is 5.67 Å². The van der Waals surface area contributed by atoms with Crippen LogP contribution in [-0.2, 0) is 0 Å². The van der Waals surface area contributed by atoms with Crippen LogP contribution in [0, 0.1) is 0 Å². The lowest BCUT2D eigenvalue weighted by Crippen LogP contribution is -2.40. The average Bonchev–Trinajstić information content (AvgIpc) is 1.84. The molecule has 0 saturated heterocycles. The number of aliphatic hydroxyl groups is 1. The summed E-state index contributed by atoms with van der Waals surface area (Å²) in [6, 6.07) is 0. The maximum atomic E-state index is 12.8. The quantitative estimate of drug-likeness (QED) is 0.482. The summed E-state index contributed by atoms with van der Waals surface area (Å²) >= 11 is 1.58. The predicted octanol–water partition coefficient (Wildman–Crippen LogP) is 2.46. The van der Waals surface area contributed by atoms with Gasteiger partial charge in [-0.2, -0.15) is 13.2 Å². The van der Waals surface area contributed by atoms with Crippen LogP contribution >= 0.6 is 22.6 Å². The second-order valence-electron chi connectivity index (χ2n) is 2.68. The van der Waals surface area contributed by atoms with Crippen LogP contribution < -0.4 is 0 Å². The molecule has 74 valence electrons. The van der Waals surface area contributed by atoms with Gasteiger partial charge in [-0.15, -0.1) is 0 Å². The van der Waals surface area contributed by atoms with Crippen molar-refractivity contribution in [1.82, 2.24) is 0 Å². The third-order valence-electron chi connectivity index (χ3n) is 1.39. The summed E-state index contributed by atoms with van der Waals surface area (Å²) in [7, 11) is 0. The minimum Gasteiger partial charge on any atom is -0.395 e. The Labute approximate surface area is 81.3 Å². The van der Waals surface area contributed by atoms with Crippen LogP contribution in [0.1, 0.15) is 13.3 Å². The predicted molar refractivity (Wildman–Crippen MR) is 45.1 cm³/mol. The molecule has 0 aliphatic carbocycles. The second-order valence-corrected chi connectivity index (χ2v) is 4.44. The largest absolute Gasteiger partial charge is 0.422 e. The Kier molecular flexibility index (Phi) is 4.22. The van der Waals surface area contributed by atoms with E-state index in [1.165, 1.54) is 0 Å². The minimum atomic E-state index is -4.86. The second kappa shape index (κ2) is 4.08. The van der Waals surface area contributed by atoms with Gasteiger partial charge in [0, 0.05) is 10.3 Å². The van der Waals surface area contributed by atoms with E-state index in [-0.39, 0.29) is 0 Å². The van der Waals surface area contributed by atoms with Gasteiger partial charge in [0.25, 0.3) is 0 Å². The van der Waals surface area contributed by atoms with E-state index in [4.69, 9.17) is 5.11 Å². The maximum Gasteiger partial charge on any atom is 0.422 e. The lowest BCUT2D eigenvalue weighted by Gasteiger charge is -2.25. The standard InChI is InChI=1S/C6H9F4IO/c1-5(7,6(8,9)10)2-4(11)3-12/h4,12H,2-3H2,1H3. The first kappa shape index (κ1) is 12.4. The number of alkyl halides is 5. The van der Waals surface area contributed by atoms with Crippen molar-refractivity contribution >= 4 is 22.6 Å². The van der Waals surface area contributed by atoms with Crippen LogP contribution in [-0.4, -0.2) is 27.5 Å². The van der Waals surface area contributed by atoms with Gasteiger partial charge < -0.3 is 5.11 Å². The van der Waals surface area contributed by atoms with E-state index >= 15 is 0 Å². The molecule has 0 radical (unpaired) electrons. The molecule has 0 bridgehead atoms. The fourth-order valence-electron chi connectivity index (χ4n) is 0.596. The van der Waals surface area contributed by atoms with E-state index < -0.39 is 28.8 Å². The molecule has 0 fully saturated rings. The van der Waals surface area contributed by atoms with E-state index in [0.717, 1.165) is 0 Å². The third-order valence-corrected chi connectivity index (χ3v) is 2.23. The topological polar surface area (TPSA) is 20.2 Å². The van der Waals surface area contributed by atoms with Crippen LogP contribution in [0.15, 0.2) is 0 Å². The van der Waals surface area contributed by atoms with Crippen LogP contribution in [0.5, 0.6) is 0 Å². The van der Waals surface area contributed by atoms with Crippen molar-refractivity contribution in [3.8, 4) is 0 Å². The Morgan fingerprint density at radius 1 is 1.33 bits per heavy atom. The molecular weight excluding hydrogens is 291 g/mol. The molecule has 0 aromatic heterocycles. The molecule has 0 rings (SSSR count). The Hall–Kier alpha value is 0.410. The monoisotopic (exact) mass is 300 g/mol. The Morgan fingerprint density at radius 3 is 2.00 bits per heavy atom. The van der Waals surface area contributed by atoms with E-state index in [1.54, 1.807) is 22.6 Å². The molecule has 0 aliphatic rings. The van der Waals surface area contributed by atoms with E-state index in [9.17, 15) is 17.6 Å². The van der Waals surface area contributed by atoms with Gasteiger partial charge in [0.1, 0.15) is 0 Å². The van der Waals surface area contributed by atoms with Gasteiger partial charge in [-0.3, -0.25) is 0 Å². The first-order valence-electron chi connectivity index (χ1n) is 3.21. The molecule has 0 amide bonds. The van der Waals surface area contributed by atoms with Crippen molar-refractivity contribution in [1.29, 1.82) is 0 Å². The SMILES string of the molecule is CC(F)(CC(I)CO)C(F)(F)F. The fourth-order valence-corrected chi connectivity index (χ4v) is 1.42. The highest BCUT2D eigenvalue weighted by atomic mass is 127. The molecular formula is C6H9F4IO. The number of rotatable bonds is 3. The summed E-state index contributed by atoms with van der Waals surface area (Å²) in [4.78, 5) is 0. The molecule has 0 heterocycles. The Morgan fingerprint density at radius 2 is 1.75 bits per heavy atom. The Balaban J connectivity index is 4.22. The molecule has 0 spiro atoms. The van der Waals surface area contributed by atoms with Crippen LogP contribution in [0.3, 0.4) is 0 Å². The summed E-state index contributed by atoms with van der Waals surface area (Å²) in [5, 5.41) is 8.42. The van der Waals surface area contributed by atoms with Crippen molar-refractivity contribution in [3.63, 3.8) is 0 Å². The molecule has 2 atom stereocenters. The van der Waals surface area contributed by atoms with Crippen molar-refractivity contribution in [2.24, 2.45) is 0 Å². The fraction of sp³-hybridized carbons (Fsp3) is 1.00. The highest BCUT2D eigenvalue weighted by Crippen LogP contribution is 2.38. The minimum absolute atomic E-state index is 0.448. The summed E-state index contributed by atoms with van der Waals surface area (Å²) in [5.41, 5.74) is -3.21. The molecule has 1 N–H and O–H groups in total. The molecule has 0 saturated carbocycles. The Bertz CT molecular complexity index is 145. The van der Waals surface area contributed by atoms with Gasteiger partial charge in [-0.1, -0.05) is 22.6 Å². The molecule has 12 heavy (non-hydrogen) atoms. The lowest BCUT2D eigenvalue weighted by atomic mass is 10.0. The summed E-state index contributed by atoms with van der Waals surface area (Å²) in [6.45, 7) is 0.0322. The van der Waals surface area contributed by atoms with Crippen molar-refractivity contribution in [2.75, 3.05) is 6.61 Å². The van der Waals surface area contributed by atoms with Gasteiger partial charge in [0.05, 0.1) is 6.61 Å². The van der Waals surface area contributed by atoms with Gasteiger partial charge in [-0.05, 0) is 6.92 Å². The molecule has 2 unspecified atom stereocenters. The first-order valence-corrected chi connectivity index (χ1v) is 4.46. The maximum absolute atomic E-state index is 12.8. The lowest BCUT2D eigenvalue weighted by molar-refractivity contribution is -0.225. The van der Waals surface area contributed by atoms with Crippen LogP contribution in [0.25, 0.3) is 0 Å². The average molecular weight is 300 g/mol. The summed E-state index contributed by atoms with van der Waals surface area (Å²) in [5.74, 6) is 0. The van der Waals surface area contributed by atoms with E-state index in [0.29, 0.717) is 6.92 Å².